The first kappa shape index (κ1) is 14.5. The molecule has 6 nitrogen and oxygen atoms in total. The van der Waals surface area contributed by atoms with Crippen LogP contribution in [0.5, 0.6) is 0 Å². The summed E-state index contributed by atoms with van der Waals surface area (Å²) < 4.78 is 11.3. The number of anilines is 2. The number of aromatic nitrogens is 2. The summed E-state index contributed by atoms with van der Waals surface area (Å²) in [5.74, 6) is 2.08. The highest BCUT2D eigenvalue weighted by Gasteiger charge is 2.35. The summed E-state index contributed by atoms with van der Waals surface area (Å²) in [7, 11) is 0. The average Bonchev–Trinajstić information content (AvgIpc) is 2.52. The molecule has 3 rings (SSSR count). The van der Waals surface area contributed by atoms with Crippen molar-refractivity contribution in [2.45, 2.75) is 51.4 Å². The standard InChI is InChI=1S/C15H24N4O2/c1-2-20-10-14-17-13(16)9-15(18-14)19-7-8-21-12-6-4-3-5-11(12)19/h9,11-12H,2-8,10H2,1H3,(H2,16,17,18). The van der Waals surface area contributed by atoms with Gasteiger partial charge in [0.25, 0.3) is 0 Å². The third-order valence-corrected chi connectivity index (χ3v) is 4.24. The van der Waals surface area contributed by atoms with E-state index in [1.54, 1.807) is 0 Å². The van der Waals surface area contributed by atoms with Crippen LogP contribution < -0.4 is 10.6 Å². The fourth-order valence-electron chi connectivity index (χ4n) is 3.29. The van der Waals surface area contributed by atoms with Crippen molar-refractivity contribution in [3.8, 4) is 0 Å². The van der Waals surface area contributed by atoms with Crippen LogP contribution >= 0.6 is 0 Å². The second-order valence-electron chi connectivity index (χ2n) is 5.66. The van der Waals surface area contributed by atoms with Crippen molar-refractivity contribution in [3.05, 3.63) is 11.9 Å². The molecular formula is C15H24N4O2. The monoisotopic (exact) mass is 292 g/mol. The lowest BCUT2D eigenvalue weighted by atomic mass is 9.90. The third kappa shape index (κ3) is 3.27. The van der Waals surface area contributed by atoms with Crippen LogP contribution in [0.15, 0.2) is 6.07 Å². The molecule has 0 amide bonds. The van der Waals surface area contributed by atoms with Gasteiger partial charge in [0.2, 0.25) is 0 Å². The number of hydrogen-bond donors (Lipinski definition) is 1. The molecule has 21 heavy (non-hydrogen) atoms. The van der Waals surface area contributed by atoms with E-state index in [1.807, 2.05) is 13.0 Å². The molecule has 0 bridgehead atoms. The van der Waals surface area contributed by atoms with E-state index in [4.69, 9.17) is 15.2 Å². The van der Waals surface area contributed by atoms with Gasteiger partial charge in [0, 0.05) is 19.2 Å². The molecule has 1 aromatic rings. The Morgan fingerprint density at radius 1 is 1.38 bits per heavy atom. The van der Waals surface area contributed by atoms with Gasteiger partial charge >= 0.3 is 0 Å². The number of hydrogen-bond acceptors (Lipinski definition) is 6. The van der Waals surface area contributed by atoms with Gasteiger partial charge in [0.05, 0.1) is 18.8 Å². The molecule has 2 atom stereocenters. The number of nitrogens with two attached hydrogens (primary N) is 1. The molecule has 6 heteroatoms. The smallest absolute Gasteiger partial charge is 0.158 e. The zero-order chi connectivity index (χ0) is 14.7. The summed E-state index contributed by atoms with van der Waals surface area (Å²) in [6, 6.07) is 2.29. The van der Waals surface area contributed by atoms with Gasteiger partial charge < -0.3 is 20.1 Å². The van der Waals surface area contributed by atoms with Crippen molar-refractivity contribution in [1.82, 2.24) is 9.97 Å². The quantitative estimate of drug-likeness (QED) is 0.911. The Kier molecular flexibility index (Phi) is 4.55. The second-order valence-corrected chi connectivity index (χ2v) is 5.66. The van der Waals surface area contributed by atoms with Gasteiger partial charge in [-0.05, 0) is 19.8 Å². The maximum Gasteiger partial charge on any atom is 0.158 e. The van der Waals surface area contributed by atoms with E-state index in [1.165, 1.54) is 12.8 Å². The maximum atomic E-state index is 5.94. The van der Waals surface area contributed by atoms with Crippen LogP contribution in [0.2, 0.25) is 0 Å². The Morgan fingerprint density at radius 3 is 3.10 bits per heavy atom. The minimum Gasteiger partial charge on any atom is -0.384 e. The van der Waals surface area contributed by atoms with E-state index in [-0.39, 0.29) is 0 Å². The molecule has 1 saturated carbocycles. The average molecular weight is 292 g/mol. The van der Waals surface area contributed by atoms with Crippen LogP contribution in [-0.2, 0) is 16.1 Å². The van der Waals surface area contributed by atoms with E-state index in [2.05, 4.69) is 14.9 Å². The fourth-order valence-corrected chi connectivity index (χ4v) is 3.29. The van der Waals surface area contributed by atoms with Gasteiger partial charge in [0.15, 0.2) is 5.82 Å². The molecule has 1 aliphatic carbocycles. The number of morpholine rings is 1. The van der Waals surface area contributed by atoms with Crippen molar-refractivity contribution in [3.63, 3.8) is 0 Å². The molecule has 2 unspecified atom stereocenters. The van der Waals surface area contributed by atoms with E-state index >= 15 is 0 Å². The van der Waals surface area contributed by atoms with E-state index in [0.29, 0.717) is 37.0 Å². The van der Waals surface area contributed by atoms with Gasteiger partial charge in [-0.25, -0.2) is 9.97 Å². The summed E-state index contributed by atoms with van der Waals surface area (Å²) in [5.41, 5.74) is 5.94. The number of ether oxygens (including phenoxy) is 2. The molecule has 1 aromatic heterocycles. The van der Waals surface area contributed by atoms with Gasteiger partial charge in [0.1, 0.15) is 18.2 Å². The SMILES string of the molecule is CCOCc1nc(N)cc(N2CCOC3CCCCC32)n1. The maximum absolute atomic E-state index is 5.94. The molecule has 116 valence electrons. The molecule has 2 aliphatic rings. The topological polar surface area (TPSA) is 73.5 Å². The highest BCUT2D eigenvalue weighted by atomic mass is 16.5. The fraction of sp³-hybridized carbons (Fsp3) is 0.733. The lowest BCUT2D eigenvalue weighted by Gasteiger charge is -2.44. The highest BCUT2D eigenvalue weighted by Crippen LogP contribution is 2.31. The normalized spacial score (nSPS) is 25.7. The Hall–Kier alpha value is -1.40. The highest BCUT2D eigenvalue weighted by molar-refractivity contribution is 5.48. The van der Waals surface area contributed by atoms with Crippen molar-refractivity contribution < 1.29 is 9.47 Å². The Labute approximate surface area is 125 Å². The van der Waals surface area contributed by atoms with E-state index in [9.17, 15) is 0 Å². The lowest BCUT2D eigenvalue weighted by Crippen LogP contribution is -2.53. The van der Waals surface area contributed by atoms with Crippen LogP contribution in [0.4, 0.5) is 11.6 Å². The summed E-state index contributed by atoms with van der Waals surface area (Å²) >= 11 is 0. The predicted octanol–water partition coefficient (Wildman–Crippen LogP) is 1.74. The molecular weight excluding hydrogens is 268 g/mol. The third-order valence-electron chi connectivity index (χ3n) is 4.24. The molecule has 0 spiro atoms. The van der Waals surface area contributed by atoms with E-state index in [0.717, 1.165) is 31.8 Å². The summed E-state index contributed by atoms with van der Waals surface area (Å²) in [6.45, 7) is 4.64. The van der Waals surface area contributed by atoms with Crippen molar-refractivity contribution in [2.24, 2.45) is 0 Å². The van der Waals surface area contributed by atoms with E-state index < -0.39 is 0 Å². The molecule has 2 N–H and O–H groups in total. The summed E-state index contributed by atoms with van der Waals surface area (Å²) in [4.78, 5) is 11.2. The minimum absolute atomic E-state index is 0.332. The molecule has 1 saturated heterocycles. The molecule has 1 aliphatic heterocycles. The summed E-state index contributed by atoms with van der Waals surface area (Å²) in [6.07, 6.45) is 5.16. The number of rotatable bonds is 4. The van der Waals surface area contributed by atoms with Gasteiger partial charge in [-0.1, -0.05) is 12.8 Å². The van der Waals surface area contributed by atoms with Gasteiger partial charge in [-0.2, -0.15) is 0 Å². The molecule has 0 aromatic carbocycles. The van der Waals surface area contributed by atoms with Crippen molar-refractivity contribution in [2.75, 3.05) is 30.4 Å². The second kappa shape index (κ2) is 6.58. The Bertz CT molecular complexity index is 481. The predicted molar refractivity (Wildman–Crippen MR) is 81.1 cm³/mol. The van der Waals surface area contributed by atoms with Crippen LogP contribution in [0, 0.1) is 0 Å². The Morgan fingerprint density at radius 2 is 2.24 bits per heavy atom. The number of nitrogen functional groups attached to an aromatic ring is 1. The number of fused-ring (bicyclic) bond motifs is 1. The van der Waals surface area contributed by atoms with Gasteiger partial charge in [-0.15, -0.1) is 0 Å². The Balaban J connectivity index is 1.82. The van der Waals surface area contributed by atoms with Crippen molar-refractivity contribution in [1.29, 1.82) is 0 Å². The molecule has 2 heterocycles. The molecule has 2 fully saturated rings. The van der Waals surface area contributed by atoms with Crippen molar-refractivity contribution >= 4 is 11.6 Å². The van der Waals surface area contributed by atoms with Crippen LogP contribution in [0.25, 0.3) is 0 Å². The first-order valence-corrected chi connectivity index (χ1v) is 7.87. The lowest BCUT2D eigenvalue weighted by molar-refractivity contribution is -0.00903. The first-order valence-electron chi connectivity index (χ1n) is 7.87. The zero-order valence-corrected chi connectivity index (χ0v) is 12.6. The summed E-state index contributed by atoms with van der Waals surface area (Å²) in [5, 5.41) is 0. The first-order chi connectivity index (χ1) is 10.3. The zero-order valence-electron chi connectivity index (χ0n) is 12.6. The molecule has 0 radical (unpaired) electrons. The van der Waals surface area contributed by atoms with Crippen LogP contribution in [-0.4, -0.2) is 41.9 Å². The van der Waals surface area contributed by atoms with Crippen LogP contribution in [0.1, 0.15) is 38.4 Å². The van der Waals surface area contributed by atoms with Crippen LogP contribution in [0.3, 0.4) is 0 Å². The van der Waals surface area contributed by atoms with Gasteiger partial charge in [-0.3, -0.25) is 0 Å². The largest absolute Gasteiger partial charge is 0.384 e. The number of nitrogens with zero attached hydrogens (tertiary/aromatic N) is 3. The minimum atomic E-state index is 0.332.